The molecule has 0 spiro atoms. The molecule has 4 nitrogen and oxygen atoms in total. The minimum Gasteiger partial charge on any atom is -0.354 e. The van der Waals surface area contributed by atoms with Crippen LogP contribution < -0.4 is 4.90 Å². The Kier molecular flexibility index (Phi) is 4.89. The summed E-state index contributed by atoms with van der Waals surface area (Å²) in [6, 6.07) is 3.90. The first-order chi connectivity index (χ1) is 8.04. The van der Waals surface area contributed by atoms with Gasteiger partial charge in [-0.05, 0) is 17.9 Å². The highest BCUT2D eigenvalue weighted by Gasteiger charge is 2.15. The Labute approximate surface area is 103 Å². The zero-order valence-electron chi connectivity index (χ0n) is 11.0. The molecule has 0 aliphatic heterocycles. The molecule has 1 heterocycles. The number of nitrogens with zero attached hydrogens (tertiary/aromatic N) is 4. The molecular formula is C13H20N4. The third-order valence-electron chi connectivity index (χ3n) is 2.29. The van der Waals surface area contributed by atoms with Crippen molar-refractivity contribution in [2.75, 3.05) is 18.0 Å². The quantitative estimate of drug-likeness (QED) is 0.782. The average Bonchev–Trinajstić information content (AvgIpc) is 2.27. The van der Waals surface area contributed by atoms with Crippen LogP contribution in [0.1, 0.15) is 33.3 Å². The van der Waals surface area contributed by atoms with Crippen molar-refractivity contribution in [3.8, 4) is 6.07 Å². The fraction of sp³-hybridized carbons (Fsp3) is 0.615. The van der Waals surface area contributed by atoms with Gasteiger partial charge in [-0.25, -0.2) is 0 Å². The lowest BCUT2D eigenvalue weighted by Gasteiger charge is -2.27. The van der Waals surface area contributed by atoms with Crippen LogP contribution in [-0.2, 0) is 0 Å². The summed E-state index contributed by atoms with van der Waals surface area (Å²) in [4.78, 5) is 2.15. The van der Waals surface area contributed by atoms with Gasteiger partial charge in [0.15, 0.2) is 5.82 Å². The Bertz CT molecular complexity index is 383. The number of hydrogen-bond acceptors (Lipinski definition) is 4. The molecule has 17 heavy (non-hydrogen) atoms. The standard InChI is InChI=1S/C13H20N4/c1-10(2)8-17(9-11(3)4)13-12(7-14)5-6-15-16-13/h5-6,10-11H,8-9H2,1-4H3. The molecule has 0 saturated heterocycles. The smallest absolute Gasteiger partial charge is 0.169 e. The van der Waals surface area contributed by atoms with Gasteiger partial charge >= 0.3 is 0 Å². The van der Waals surface area contributed by atoms with Crippen LogP contribution in [0.25, 0.3) is 0 Å². The molecule has 0 fully saturated rings. The van der Waals surface area contributed by atoms with E-state index >= 15 is 0 Å². The normalized spacial score (nSPS) is 10.6. The molecule has 0 aliphatic carbocycles. The first kappa shape index (κ1) is 13.4. The maximum atomic E-state index is 9.09. The molecule has 0 atom stereocenters. The van der Waals surface area contributed by atoms with E-state index < -0.39 is 0 Å². The maximum Gasteiger partial charge on any atom is 0.169 e. The van der Waals surface area contributed by atoms with E-state index in [0.717, 1.165) is 13.1 Å². The Hall–Kier alpha value is -1.63. The summed E-state index contributed by atoms with van der Waals surface area (Å²) >= 11 is 0. The summed E-state index contributed by atoms with van der Waals surface area (Å²) in [5, 5.41) is 17.1. The van der Waals surface area contributed by atoms with Crippen molar-refractivity contribution in [3.05, 3.63) is 17.8 Å². The van der Waals surface area contributed by atoms with Crippen molar-refractivity contribution in [3.63, 3.8) is 0 Å². The fourth-order valence-electron chi connectivity index (χ4n) is 1.77. The second-order valence-corrected chi connectivity index (χ2v) is 5.07. The molecule has 92 valence electrons. The largest absolute Gasteiger partial charge is 0.354 e. The molecule has 0 N–H and O–H groups in total. The molecule has 0 radical (unpaired) electrons. The lowest BCUT2D eigenvalue weighted by atomic mass is 10.1. The molecule has 1 rings (SSSR count). The maximum absolute atomic E-state index is 9.09. The minimum absolute atomic E-state index is 0.530. The topological polar surface area (TPSA) is 52.8 Å². The van der Waals surface area contributed by atoms with Gasteiger partial charge < -0.3 is 4.90 Å². The summed E-state index contributed by atoms with van der Waals surface area (Å²) in [6.45, 7) is 10.4. The van der Waals surface area contributed by atoms with Crippen molar-refractivity contribution < 1.29 is 0 Å². The van der Waals surface area contributed by atoms with E-state index in [1.54, 1.807) is 12.3 Å². The van der Waals surface area contributed by atoms with Crippen LogP contribution in [0.3, 0.4) is 0 Å². The summed E-state index contributed by atoms with van der Waals surface area (Å²) in [6.07, 6.45) is 1.56. The van der Waals surface area contributed by atoms with Crippen LogP contribution >= 0.6 is 0 Å². The zero-order chi connectivity index (χ0) is 12.8. The minimum atomic E-state index is 0.530. The zero-order valence-corrected chi connectivity index (χ0v) is 11.0. The first-order valence-corrected chi connectivity index (χ1v) is 6.01. The lowest BCUT2D eigenvalue weighted by Crippen LogP contribution is -2.32. The lowest BCUT2D eigenvalue weighted by molar-refractivity contribution is 0.546. The van der Waals surface area contributed by atoms with E-state index in [-0.39, 0.29) is 0 Å². The Morgan fingerprint density at radius 1 is 1.24 bits per heavy atom. The number of rotatable bonds is 5. The molecule has 0 saturated carbocycles. The summed E-state index contributed by atoms with van der Waals surface area (Å²) in [7, 11) is 0. The van der Waals surface area contributed by atoms with Gasteiger partial charge in [0.1, 0.15) is 6.07 Å². The predicted molar refractivity (Wildman–Crippen MR) is 68.6 cm³/mol. The van der Waals surface area contributed by atoms with Crippen LogP contribution in [0.2, 0.25) is 0 Å². The van der Waals surface area contributed by atoms with E-state index in [1.807, 2.05) is 0 Å². The second kappa shape index (κ2) is 6.19. The summed E-state index contributed by atoms with van der Waals surface area (Å²) in [5.74, 6) is 1.77. The monoisotopic (exact) mass is 232 g/mol. The second-order valence-electron chi connectivity index (χ2n) is 5.07. The van der Waals surface area contributed by atoms with Crippen LogP contribution in [0.5, 0.6) is 0 Å². The van der Waals surface area contributed by atoms with E-state index in [4.69, 9.17) is 5.26 Å². The van der Waals surface area contributed by atoms with Gasteiger partial charge in [-0.1, -0.05) is 27.7 Å². The predicted octanol–water partition coefficient (Wildman–Crippen LogP) is 2.47. The van der Waals surface area contributed by atoms with Crippen molar-refractivity contribution in [1.82, 2.24) is 10.2 Å². The van der Waals surface area contributed by atoms with Crippen molar-refractivity contribution in [2.45, 2.75) is 27.7 Å². The van der Waals surface area contributed by atoms with Crippen LogP contribution in [0.4, 0.5) is 5.82 Å². The van der Waals surface area contributed by atoms with Gasteiger partial charge in [0.25, 0.3) is 0 Å². The third-order valence-corrected chi connectivity index (χ3v) is 2.29. The molecular weight excluding hydrogens is 212 g/mol. The molecule has 1 aromatic rings. The van der Waals surface area contributed by atoms with E-state index in [9.17, 15) is 0 Å². The van der Waals surface area contributed by atoms with E-state index in [0.29, 0.717) is 23.2 Å². The van der Waals surface area contributed by atoms with Crippen molar-refractivity contribution >= 4 is 5.82 Å². The third kappa shape index (κ3) is 4.03. The van der Waals surface area contributed by atoms with E-state index in [2.05, 4.69) is 48.9 Å². The van der Waals surface area contributed by atoms with Gasteiger partial charge in [-0.3, -0.25) is 0 Å². The highest BCUT2D eigenvalue weighted by Crippen LogP contribution is 2.18. The van der Waals surface area contributed by atoms with Crippen molar-refractivity contribution in [2.24, 2.45) is 11.8 Å². The molecule has 0 bridgehead atoms. The Morgan fingerprint density at radius 3 is 2.29 bits per heavy atom. The molecule has 0 amide bonds. The SMILES string of the molecule is CC(C)CN(CC(C)C)c1nnccc1C#N. The molecule has 0 unspecified atom stereocenters. The Morgan fingerprint density at radius 2 is 1.82 bits per heavy atom. The molecule has 0 aliphatic rings. The van der Waals surface area contributed by atoms with Gasteiger partial charge in [0.05, 0.1) is 11.8 Å². The fourth-order valence-corrected chi connectivity index (χ4v) is 1.77. The highest BCUT2D eigenvalue weighted by molar-refractivity contribution is 5.52. The van der Waals surface area contributed by atoms with Gasteiger partial charge in [-0.2, -0.15) is 10.4 Å². The average molecular weight is 232 g/mol. The molecule has 0 aromatic carbocycles. The highest BCUT2D eigenvalue weighted by atomic mass is 15.3. The Balaban J connectivity index is 2.99. The molecule has 1 aromatic heterocycles. The van der Waals surface area contributed by atoms with Crippen molar-refractivity contribution in [1.29, 1.82) is 5.26 Å². The molecule has 4 heteroatoms. The number of anilines is 1. The van der Waals surface area contributed by atoms with Crippen LogP contribution in [0, 0.1) is 23.2 Å². The summed E-state index contributed by atoms with van der Waals surface area (Å²) in [5.41, 5.74) is 0.598. The van der Waals surface area contributed by atoms with Crippen LogP contribution in [0.15, 0.2) is 12.3 Å². The summed E-state index contributed by atoms with van der Waals surface area (Å²) < 4.78 is 0. The first-order valence-electron chi connectivity index (χ1n) is 6.01. The number of nitriles is 1. The van der Waals surface area contributed by atoms with E-state index in [1.165, 1.54) is 0 Å². The van der Waals surface area contributed by atoms with Gasteiger partial charge in [0.2, 0.25) is 0 Å². The van der Waals surface area contributed by atoms with Crippen LogP contribution in [-0.4, -0.2) is 23.3 Å². The number of hydrogen-bond donors (Lipinski definition) is 0. The van der Waals surface area contributed by atoms with Gasteiger partial charge in [-0.15, -0.1) is 5.10 Å². The van der Waals surface area contributed by atoms with Gasteiger partial charge in [0, 0.05) is 13.1 Å². The number of aromatic nitrogens is 2.